The van der Waals surface area contributed by atoms with Crippen molar-refractivity contribution in [1.29, 1.82) is 0 Å². The van der Waals surface area contributed by atoms with Gasteiger partial charge in [-0.1, -0.05) is 80.1 Å². The average molecular weight is 713 g/mol. The molecule has 6 atom stereocenters. The number of amides is 4. The second kappa shape index (κ2) is 24.8. The largest absolute Gasteiger partial charge is 0.460 e. The molecule has 0 aromatic heterocycles. The van der Waals surface area contributed by atoms with Crippen LogP contribution in [0.25, 0.3) is 0 Å². The quantitative estimate of drug-likeness (QED) is 0.102. The topological polar surface area (TPSA) is 209 Å². The van der Waals surface area contributed by atoms with Gasteiger partial charge in [0.05, 0.1) is 26.1 Å². The molecule has 1 heterocycles. The summed E-state index contributed by atoms with van der Waals surface area (Å²) in [7, 11) is 0. The lowest BCUT2D eigenvalue weighted by Crippen LogP contribution is -2.55. The Balaban J connectivity index is 3.51. The van der Waals surface area contributed by atoms with E-state index in [1.54, 1.807) is 0 Å². The molecule has 50 heavy (non-hydrogen) atoms. The number of carbonyl (C=O) groups is 6. The number of ether oxygens (including phenoxy) is 2. The van der Waals surface area contributed by atoms with Crippen molar-refractivity contribution in [2.45, 2.75) is 168 Å². The molecule has 1 fully saturated rings. The predicted octanol–water partition coefficient (Wildman–Crippen LogP) is 2.56. The van der Waals surface area contributed by atoms with E-state index in [1.165, 1.54) is 0 Å². The molecule has 14 nitrogen and oxygen atoms in total. The SMILES string of the molecule is CCCCCCCC1CC(=O)NC(CC(C)C)C(=O)NC(CO)C(=O)OC(CCCCC)CC(=O)NC(CO)C(=O)NC(CC(C)C)C(=O)O1. The summed E-state index contributed by atoms with van der Waals surface area (Å²) in [6, 6.07) is -5.07. The first-order chi connectivity index (χ1) is 23.7. The second-order valence-corrected chi connectivity index (χ2v) is 14.2. The molecule has 1 saturated heterocycles. The molecule has 6 N–H and O–H groups in total. The third-order valence-corrected chi connectivity index (χ3v) is 8.44. The van der Waals surface area contributed by atoms with Crippen molar-refractivity contribution in [3.8, 4) is 0 Å². The van der Waals surface area contributed by atoms with E-state index in [0.29, 0.717) is 25.7 Å². The number of aliphatic hydroxyl groups is 2. The zero-order valence-electron chi connectivity index (χ0n) is 31.1. The maximum Gasteiger partial charge on any atom is 0.331 e. The van der Waals surface area contributed by atoms with Crippen molar-refractivity contribution < 1.29 is 48.5 Å². The first-order valence-corrected chi connectivity index (χ1v) is 18.6. The molecule has 0 spiro atoms. The Hall–Kier alpha value is -3.26. The molecule has 0 bridgehead atoms. The summed E-state index contributed by atoms with van der Waals surface area (Å²) in [4.78, 5) is 79.9. The molecule has 0 aliphatic carbocycles. The molecule has 0 aromatic carbocycles. The van der Waals surface area contributed by atoms with E-state index in [-0.39, 0.29) is 37.5 Å². The molecule has 1 aliphatic rings. The van der Waals surface area contributed by atoms with Crippen LogP contribution < -0.4 is 21.3 Å². The lowest BCUT2D eigenvalue weighted by Gasteiger charge is -2.27. The van der Waals surface area contributed by atoms with E-state index in [9.17, 15) is 39.0 Å². The van der Waals surface area contributed by atoms with Crippen molar-refractivity contribution in [2.24, 2.45) is 11.8 Å². The fourth-order valence-electron chi connectivity index (χ4n) is 5.72. The molecule has 288 valence electrons. The molecular weight excluding hydrogens is 648 g/mol. The Morgan fingerprint density at radius 2 is 0.960 bits per heavy atom. The van der Waals surface area contributed by atoms with Crippen LogP contribution in [0.3, 0.4) is 0 Å². The van der Waals surface area contributed by atoms with Gasteiger partial charge in [0.15, 0.2) is 6.04 Å². The number of rotatable bonds is 16. The second-order valence-electron chi connectivity index (χ2n) is 14.2. The predicted molar refractivity (Wildman–Crippen MR) is 187 cm³/mol. The lowest BCUT2D eigenvalue weighted by atomic mass is 10.0. The summed E-state index contributed by atoms with van der Waals surface area (Å²) in [6.45, 7) is 9.98. The Morgan fingerprint density at radius 1 is 0.560 bits per heavy atom. The average Bonchev–Trinajstić information content (AvgIpc) is 3.04. The fraction of sp³-hybridized carbons (Fsp3) is 0.833. The van der Waals surface area contributed by atoms with Crippen molar-refractivity contribution in [2.75, 3.05) is 13.2 Å². The molecule has 1 aliphatic heterocycles. The molecule has 1 rings (SSSR count). The lowest BCUT2D eigenvalue weighted by molar-refractivity contribution is -0.156. The number of nitrogens with one attached hydrogen (secondary N) is 4. The van der Waals surface area contributed by atoms with E-state index >= 15 is 0 Å². The summed E-state index contributed by atoms with van der Waals surface area (Å²) in [5.74, 6) is -4.51. The van der Waals surface area contributed by atoms with Crippen LogP contribution in [0.1, 0.15) is 131 Å². The number of unbranched alkanes of at least 4 members (excludes halogenated alkanes) is 6. The fourth-order valence-corrected chi connectivity index (χ4v) is 5.72. The normalized spacial score (nSPS) is 25.3. The van der Waals surface area contributed by atoms with Crippen LogP contribution in [-0.4, -0.2) is 95.4 Å². The summed E-state index contributed by atoms with van der Waals surface area (Å²) < 4.78 is 11.5. The summed E-state index contributed by atoms with van der Waals surface area (Å²) >= 11 is 0. The van der Waals surface area contributed by atoms with E-state index in [4.69, 9.17) is 9.47 Å². The van der Waals surface area contributed by atoms with Gasteiger partial charge in [0.2, 0.25) is 23.6 Å². The maximum atomic E-state index is 13.6. The molecule has 14 heteroatoms. The van der Waals surface area contributed by atoms with E-state index in [0.717, 1.165) is 38.5 Å². The zero-order valence-corrected chi connectivity index (χ0v) is 31.1. The van der Waals surface area contributed by atoms with Crippen molar-refractivity contribution in [3.63, 3.8) is 0 Å². The molecular formula is C36H64N4O10. The van der Waals surface area contributed by atoms with Gasteiger partial charge < -0.3 is 41.0 Å². The number of cyclic esters (lactones) is 2. The third kappa shape index (κ3) is 18.1. The molecule has 0 radical (unpaired) electrons. The first-order valence-electron chi connectivity index (χ1n) is 18.6. The molecule has 6 unspecified atom stereocenters. The summed E-state index contributed by atoms with van der Waals surface area (Å²) in [5, 5.41) is 30.3. The van der Waals surface area contributed by atoms with E-state index < -0.39 is 85.2 Å². The minimum atomic E-state index is -1.47. The van der Waals surface area contributed by atoms with Gasteiger partial charge in [0, 0.05) is 0 Å². The van der Waals surface area contributed by atoms with E-state index in [2.05, 4.69) is 28.2 Å². The van der Waals surface area contributed by atoms with Crippen LogP contribution in [0.5, 0.6) is 0 Å². The van der Waals surface area contributed by atoms with Crippen LogP contribution in [0.15, 0.2) is 0 Å². The van der Waals surface area contributed by atoms with Crippen LogP contribution in [0.2, 0.25) is 0 Å². The highest BCUT2D eigenvalue weighted by molar-refractivity contribution is 5.92. The van der Waals surface area contributed by atoms with Crippen molar-refractivity contribution in [1.82, 2.24) is 21.3 Å². The van der Waals surface area contributed by atoms with Gasteiger partial charge in [0.1, 0.15) is 30.3 Å². The van der Waals surface area contributed by atoms with Gasteiger partial charge in [-0.25, -0.2) is 9.59 Å². The van der Waals surface area contributed by atoms with Crippen LogP contribution in [0, 0.1) is 11.8 Å². The zero-order chi connectivity index (χ0) is 37.6. The molecule has 0 aromatic rings. The minimum absolute atomic E-state index is 0.0343. The molecule has 4 amide bonds. The highest BCUT2D eigenvalue weighted by Gasteiger charge is 2.33. The summed E-state index contributed by atoms with van der Waals surface area (Å²) in [5.41, 5.74) is 0. The van der Waals surface area contributed by atoms with Crippen LogP contribution in [-0.2, 0) is 38.2 Å². The number of hydrogen-bond acceptors (Lipinski definition) is 10. The Kier molecular flexibility index (Phi) is 22.2. The minimum Gasteiger partial charge on any atom is -0.460 e. The number of hydrogen-bond donors (Lipinski definition) is 6. The third-order valence-electron chi connectivity index (χ3n) is 8.44. The van der Waals surface area contributed by atoms with Crippen molar-refractivity contribution in [3.05, 3.63) is 0 Å². The number of aliphatic hydroxyl groups excluding tert-OH is 2. The maximum absolute atomic E-state index is 13.6. The van der Waals surface area contributed by atoms with Gasteiger partial charge in [0.25, 0.3) is 0 Å². The van der Waals surface area contributed by atoms with Gasteiger partial charge in [-0.15, -0.1) is 0 Å². The Morgan fingerprint density at radius 3 is 1.46 bits per heavy atom. The molecule has 0 saturated carbocycles. The first kappa shape index (κ1) is 44.8. The smallest absolute Gasteiger partial charge is 0.331 e. The van der Waals surface area contributed by atoms with Crippen LogP contribution in [0.4, 0.5) is 0 Å². The summed E-state index contributed by atoms with van der Waals surface area (Å²) in [6.07, 6.45) is 5.56. The van der Waals surface area contributed by atoms with Gasteiger partial charge >= 0.3 is 11.9 Å². The van der Waals surface area contributed by atoms with Gasteiger partial charge in [-0.05, 0) is 50.4 Å². The Bertz CT molecular complexity index is 1070. The monoisotopic (exact) mass is 712 g/mol. The highest BCUT2D eigenvalue weighted by Crippen LogP contribution is 2.17. The van der Waals surface area contributed by atoms with Crippen molar-refractivity contribution >= 4 is 35.6 Å². The van der Waals surface area contributed by atoms with Gasteiger partial charge in [-0.3, -0.25) is 19.2 Å². The van der Waals surface area contributed by atoms with Gasteiger partial charge in [-0.2, -0.15) is 0 Å². The Labute approximate surface area is 297 Å². The van der Waals surface area contributed by atoms with Crippen LogP contribution >= 0.6 is 0 Å². The standard InChI is InChI=1S/C36H64N4O10/c1-7-9-11-12-14-16-26-19-31(43)37-27(17-23(3)4)33(45)40-30(22-42)36(48)50-25(15-13-10-8-2)20-32(44)38-29(21-41)34(46)39-28(18-24(5)6)35(47)49-26/h23-30,41-42H,7-22H2,1-6H3,(H,37,43)(H,38,44)(H,39,46)(H,40,45). The van der Waals surface area contributed by atoms with E-state index in [1.807, 2.05) is 34.6 Å². The highest BCUT2D eigenvalue weighted by atomic mass is 16.6. The number of esters is 2. The number of carbonyl (C=O) groups excluding carboxylic acids is 6.